The summed E-state index contributed by atoms with van der Waals surface area (Å²) in [5, 5.41) is 10.7. The molecule has 0 spiro atoms. The first-order valence-corrected chi connectivity index (χ1v) is 6.98. The summed E-state index contributed by atoms with van der Waals surface area (Å²) in [6.45, 7) is 1.82. The highest BCUT2D eigenvalue weighted by atomic mass is 16.6. The Bertz CT molecular complexity index is 507. The van der Waals surface area contributed by atoms with Crippen molar-refractivity contribution >= 4 is 11.5 Å². The van der Waals surface area contributed by atoms with Gasteiger partial charge in [0, 0.05) is 12.0 Å². The molecule has 0 aliphatic heterocycles. The van der Waals surface area contributed by atoms with E-state index in [4.69, 9.17) is 4.74 Å². The molecule has 0 aromatic heterocycles. The van der Waals surface area contributed by atoms with Crippen molar-refractivity contribution in [2.75, 3.05) is 6.61 Å². The largest absolute Gasteiger partial charge is 0.485 e. The molecule has 1 aromatic carbocycles. The summed E-state index contributed by atoms with van der Waals surface area (Å²) in [5.41, 5.74) is 0.780. The van der Waals surface area contributed by atoms with Crippen molar-refractivity contribution in [2.45, 2.75) is 39.0 Å². The van der Waals surface area contributed by atoms with E-state index in [1.54, 1.807) is 6.07 Å². The summed E-state index contributed by atoms with van der Waals surface area (Å²) in [4.78, 5) is 22.3. The lowest BCUT2D eigenvalue weighted by Gasteiger charge is -2.20. The molecule has 1 saturated carbocycles. The Kier molecular flexibility index (Phi) is 4.71. The number of ketones is 1. The van der Waals surface area contributed by atoms with Crippen molar-refractivity contribution in [3.63, 3.8) is 0 Å². The topological polar surface area (TPSA) is 69.4 Å². The molecular weight excluding hydrogens is 258 g/mol. The number of ether oxygens (including phenoxy) is 1. The number of Topliss-reactive ketones (excluding diaryl/α,β-unsaturated/α-hetero) is 1. The predicted molar refractivity (Wildman–Crippen MR) is 74.9 cm³/mol. The van der Waals surface area contributed by atoms with E-state index in [9.17, 15) is 14.9 Å². The van der Waals surface area contributed by atoms with E-state index in [1.165, 1.54) is 18.6 Å². The van der Waals surface area contributed by atoms with Gasteiger partial charge in [-0.25, -0.2) is 0 Å². The Morgan fingerprint density at radius 3 is 2.70 bits per heavy atom. The molecular formula is C15H19NO4. The fourth-order valence-corrected chi connectivity index (χ4v) is 2.55. The number of nitro groups is 1. The highest BCUT2D eigenvalue weighted by Gasteiger charge is 2.21. The maximum atomic E-state index is 12.0. The molecule has 0 bridgehead atoms. The first-order valence-electron chi connectivity index (χ1n) is 6.98. The Balaban J connectivity index is 1.97. The average Bonchev–Trinajstić information content (AvgIpc) is 2.46. The predicted octanol–water partition coefficient (Wildman–Crippen LogP) is 3.43. The lowest BCUT2D eigenvalue weighted by atomic mass is 9.86. The number of nitro benzene ring substituents is 1. The van der Waals surface area contributed by atoms with Crippen LogP contribution in [0.1, 0.15) is 37.7 Å². The maximum Gasteiger partial charge on any atom is 0.273 e. The third-order valence-electron chi connectivity index (χ3n) is 3.81. The summed E-state index contributed by atoms with van der Waals surface area (Å²) >= 11 is 0. The molecule has 0 N–H and O–H groups in total. The number of hydrogen-bond donors (Lipinski definition) is 0. The average molecular weight is 277 g/mol. The second-order valence-corrected chi connectivity index (χ2v) is 5.30. The smallest absolute Gasteiger partial charge is 0.273 e. The van der Waals surface area contributed by atoms with Crippen LogP contribution in [0.3, 0.4) is 0 Å². The van der Waals surface area contributed by atoms with Gasteiger partial charge in [0.2, 0.25) is 0 Å². The van der Waals surface area contributed by atoms with Gasteiger partial charge in [0.25, 0.3) is 5.69 Å². The van der Waals surface area contributed by atoms with Gasteiger partial charge in [-0.2, -0.15) is 0 Å². The summed E-state index contributed by atoms with van der Waals surface area (Å²) in [5.74, 6) is 0.627. The summed E-state index contributed by atoms with van der Waals surface area (Å²) in [7, 11) is 0. The van der Waals surface area contributed by atoms with Crippen LogP contribution in [0.5, 0.6) is 5.75 Å². The molecule has 0 atom stereocenters. The molecule has 5 heteroatoms. The molecule has 108 valence electrons. The van der Waals surface area contributed by atoms with E-state index < -0.39 is 4.92 Å². The molecule has 1 aliphatic carbocycles. The van der Waals surface area contributed by atoms with Crippen molar-refractivity contribution in [2.24, 2.45) is 5.92 Å². The molecule has 1 aliphatic rings. The standard InChI is InChI=1S/C15H19NO4/c1-11-7-8-13(16(18)19)9-15(11)20-10-14(17)12-5-3-2-4-6-12/h7-9,12H,2-6,10H2,1H3. The molecule has 1 aromatic rings. The number of non-ortho nitro benzene ring substituents is 1. The van der Waals surface area contributed by atoms with Crippen molar-refractivity contribution < 1.29 is 14.5 Å². The van der Waals surface area contributed by atoms with Gasteiger partial charge in [-0.3, -0.25) is 14.9 Å². The van der Waals surface area contributed by atoms with Crippen LogP contribution in [-0.2, 0) is 4.79 Å². The van der Waals surface area contributed by atoms with Crippen molar-refractivity contribution in [3.8, 4) is 5.75 Å². The Labute approximate surface area is 118 Å². The van der Waals surface area contributed by atoms with E-state index >= 15 is 0 Å². The zero-order valence-electron chi connectivity index (χ0n) is 11.6. The fraction of sp³-hybridized carbons (Fsp3) is 0.533. The Morgan fingerprint density at radius 2 is 2.05 bits per heavy atom. The van der Waals surface area contributed by atoms with E-state index in [-0.39, 0.29) is 24.0 Å². The number of rotatable bonds is 5. The van der Waals surface area contributed by atoms with Gasteiger partial charge in [-0.15, -0.1) is 0 Å². The van der Waals surface area contributed by atoms with Crippen LogP contribution in [-0.4, -0.2) is 17.3 Å². The van der Waals surface area contributed by atoms with E-state index in [2.05, 4.69) is 0 Å². The third kappa shape index (κ3) is 3.56. The zero-order valence-corrected chi connectivity index (χ0v) is 11.6. The van der Waals surface area contributed by atoms with Crippen LogP contribution in [0.4, 0.5) is 5.69 Å². The van der Waals surface area contributed by atoms with Crippen LogP contribution < -0.4 is 4.74 Å². The van der Waals surface area contributed by atoms with E-state index in [0.29, 0.717) is 5.75 Å². The Morgan fingerprint density at radius 1 is 1.35 bits per heavy atom. The van der Waals surface area contributed by atoms with Gasteiger partial charge in [0.05, 0.1) is 11.0 Å². The number of benzene rings is 1. The highest BCUT2D eigenvalue weighted by molar-refractivity contribution is 5.82. The minimum absolute atomic E-state index is 0.00662. The third-order valence-corrected chi connectivity index (χ3v) is 3.81. The minimum Gasteiger partial charge on any atom is -0.485 e. The molecule has 0 amide bonds. The van der Waals surface area contributed by atoms with E-state index in [0.717, 1.165) is 31.2 Å². The second kappa shape index (κ2) is 6.50. The number of nitrogens with zero attached hydrogens (tertiary/aromatic N) is 1. The quantitative estimate of drug-likeness (QED) is 0.610. The first kappa shape index (κ1) is 14.5. The van der Waals surface area contributed by atoms with Gasteiger partial charge in [0.15, 0.2) is 5.78 Å². The zero-order chi connectivity index (χ0) is 14.5. The van der Waals surface area contributed by atoms with Gasteiger partial charge in [0.1, 0.15) is 12.4 Å². The van der Waals surface area contributed by atoms with Crippen LogP contribution in [0.15, 0.2) is 18.2 Å². The summed E-state index contributed by atoms with van der Waals surface area (Å²) < 4.78 is 5.49. The first-order chi connectivity index (χ1) is 9.58. The lowest BCUT2D eigenvalue weighted by molar-refractivity contribution is -0.384. The normalized spacial score (nSPS) is 15.8. The monoisotopic (exact) mass is 277 g/mol. The van der Waals surface area contributed by atoms with Crippen molar-refractivity contribution in [1.29, 1.82) is 0 Å². The van der Waals surface area contributed by atoms with Gasteiger partial charge in [-0.1, -0.05) is 19.3 Å². The van der Waals surface area contributed by atoms with Crippen LogP contribution in [0.25, 0.3) is 0 Å². The molecule has 0 saturated heterocycles. The van der Waals surface area contributed by atoms with Crippen LogP contribution in [0.2, 0.25) is 0 Å². The molecule has 20 heavy (non-hydrogen) atoms. The lowest BCUT2D eigenvalue weighted by Crippen LogP contribution is -2.23. The highest BCUT2D eigenvalue weighted by Crippen LogP contribution is 2.26. The second-order valence-electron chi connectivity index (χ2n) is 5.30. The maximum absolute atomic E-state index is 12.0. The van der Waals surface area contributed by atoms with Crippen LogP contribution >= 0.6 is 0 Å². The number of aryl methyl sites for hydroxylation is 1. The minimum atomic E-state index is -0.463. The molecule has 0 heterocycles. The van der Waals surface area contributed by atoms with E-state index in [1.807, 2.05) is 6.92 Å². The molecule has 0 radical (unpaired) electrons. The summed E-state index contributed by atoms with van der Waals surface area (Å²) in [6, 6.07) is 4.45. The molecule has 2 rings (SSSR count). The fourth-order valence-electron chi connectivity index (χ4n) is 2.55. The van der Waals surface area contributed by atoms with Gasteiger partial charge < -0.3 is 4.74 Å². The Hall–Kier alpha value is -1.91. The summed E-state index contributed by atoms with van der Waals surface area (Å²) in [6.07, 6.45) is 5.29. The molecule has 5 nitrogen and oxygen atoms in total. The molecule has 1 fully saturated rings. The SMILES string of the molecule is Cc1ccc([N+](=O)[O-])cc1OCC(=O)C1CCCCC1. The number of hydrogen-bond acceptors (Lipinski definition) is 4. The van der Waals surface area contributed by atoms with Crippen molar-refractivity contribution in [1.82, 2.24) is 0 Å². The number of carbonyl (C=O) groups excluding carboxylic acids is 1. The number of carbonyl (C=O) groups is 1. The van der Waals surface area contributed by atoms with Crippen LogP contribution in [0, 0.1) is 23.0 Å². The van der Waals surface area contributed by atoms with Gasteiger partial charge in [-0.05, 0) is 31.4 Å². The molecule has 0 unspecified atom stereocenters. The van der Waals surface area contributed by atoms with Gasteiger partial charge >= 0.3 is 0 Å². The van der Waals surface area contributed by atoms with Crippen molar-refractivity contribution in [3.05, 3.63) is 33.9 Å².